The maximum absolute atomic E-state index is 5.97. The average molecular weight is 354 g/mol. The van der Waals surface area contributed by atoms with Crippen molar-refractivity contribution in [3.8, 4) is 21.3 Å². The Kier molecular flexibility index (Phi) is 4.06. The molecule has 0 amide bonds. The van der Waals surface area contributed by atoms with E-state index in [1.807, 2.05) is 36.4 Å². The van der Waals surface area contributed by atoms with Crippen molar-refractivity contribution in [2.75, 3.05) is 0 Å². The topological polar surface area (TPSA) is 67.3 Å². The van der Waals surface area contributed by atoms with Gasteiger partial charge in [0, 0.05) is 29.4 Å². The predicted octanol–water partition coefficient (Wildman–Crippen LogP) is 4.23. The lowest BCUT2D eigenvalue weighted by molar-refractivity contribution is 1.08. The van der Waals surface area contributed by atoms with Gasteiger partial charge in [0.25, 0.3) is 0 Å². The first-order chi connectivity index (χ1) is 11.8. The number of halogens is 1. The highest BCUT2D eigenvalue weighted by Crippen LogP contribution is 2.34. The van der Waals surface area contributed by atoms with Gasteiger partial charge < -0.3 is 4.98 Å². The van der Waals surface area contributed by atoms with Crippen LogP contribution in [0.3, 0.4) is 0 Å². The minimum atomic E-state index is 0.703. The number of thiazole rings is 1. The molecular formula is C17H12ClN5S. The van der Waals surface area contributed by atoms with E-state index in [4.69, 9.17) is 16.6 Å². The minimum Gasteiger partial charge on any atom is -0.327 e. The maximum Gasteiger partial charge on any atom is 0.173 e. The number of hydrogen-bond donors (Lipinski definition) is 1. The molecule has 0 aliphatic heterocycles. The molecule has 4 rings (SSSR count). The molecule has 0 aliphatic rings. The number of aromatic nitrogens is 5. The van der Waals surface area contributed by atoms with E-state index in [1.165, 1.54) is 0 Å². The zero-order valence-corrected chi connectivity index (χ0v) is 14.1. The average Bonchev–Trinajstić information content (AvgIpc) is 3.27. The second-order valence-corrected chi connectivity index (χ2v) is 6.61. The summed E-state index contributed by atoms with van der Waals surface area (Å²) in [6.45, 7) is 0. The molecule has 0 atom stereocenters. The molecule has 7 heteroatoms. The summed E-state index contributed by atoms with van der Waals surface area (Å²) in [4.78, 5) is 12.9. The van der Waals surface area contributed by atoms with E-state index in [0.717, 1.165) is 37.6 Å². The summed E-state index contributed by atoms with van der Waals surface area (Å²) in [5, 5.41) is 9.69. The summed E-state index contributed by atoms with van der Waals surface area (Å²) in [6, 6.07) is 11.7. The normalized spacial score (nSPS) is 10.9. The van der Waals surface area contributed by atoms with Crippen LogP contribution in [-0.2, 0) is 6.42 Å². The monoisotopic (exact) mass is 353 g/mol. The van der Waals surface area contributed by atoms with E-state index in [0.29, 0.717) is 6.42 Å². The molecule has 0 saturated carbocycles. The lowest BCUT2D eigenvalue weighted by Crippen LogP contribution is -1.92. The number of aromatic amines is 1. The van der Waals surface area contributed by atoms with Gasteiger partial charge in [0.1, 0.15) is 11.3 Å². The SMILES string of the molecule is Clc1ccc(Cc2nc(-c3ccncc3)sc2-c2nnc[nH]2)cc1. The Balaban J connectivity index is 1.76. The van der Waals surface area contributed by atoms with Crippen molar-refractivity contribution in [1.29, 1.82) is 0 Å². The number of benzene rings is 1. The second-order valence-electron chi connectivity index (χ2n) is 5.17. The summed E-state index contributed by atoms with van der Waals surface area (Å²) in [7, 11) is 0. The Bertz CT molecular complexity index is 933. The van der Waals surface area contributed by atoms with Crippen molar-refractivity contribution in [2.24, 2.45) is 0 Å². The fraction of sp³-hybridized carbons (Fsp3) is 0.0588. The van der Waals surface area contributed by atoms with Crippen molar-refractivity contribution in [3.05, 3.63) is 71.4 Å². The fourth-order valence-electron chi connectivity index (χ4n) is 2.39. The van der Waals surface area contributed by atoms with Crippen molar-refractivity contribution < 1.29 is 0 Å². The first kappa shape index (κ1) is 15.0. The first-order valence-electron chi connectivity index (χ1n) is 7.30. The number of hydrogen-bond acceptors (Lipinski definition) is 5. The van der Waals surface area contributed by atoms with Gasteiger partial charge in [0.2, 0.25) is 0 Å². The first-order valence-corrected chi connectivity index (χ1v) is 8.50. The zero-order chi connectivity index (χ0) is 16.4. The van der Waals surface area contributed by atoms with E-state index in [1.54, 1.807) is 30.1 Å². The van der Waals surface area contributed by atoms with Crippen LogP contribution in [0.2, 0.25) is 5.02 Å². The standard InChI is InChI=1S/C17H12ClN5S/c18-13-3-1-11(2-4-13)9-14-15(16-20-10-21-23-16)24-17(22-14)12-5-7-19-8-6-12/h1-8,10H,9H2,(H,20,21,23). The van der Waals surface area contributed by atoms with Crippen LogP contribution >= 0.6 is 22.9 Å². The van der Waals surface area contributed by atoms with Crippen LogP contribution in [0.15, 0.2) is 55.1 Å². The quantitative estimate of drug-likeness (QED) is 0.596. The van der Waals surface area contributed by atoms with Gasteiger partial charge in [0.05, 0.1) is 10.6 Å². The molecule has 0 unspecified atom stereocenters. The van der Waals surface area contributed by atoms with Crippen LogP contribution in [0.5, 0.6) is 0 Å². The fourth-order valence-corrected chi connectivity index (χ4v) is 3.55. The van der Waals surface area contributed by atoms with Crippen LogP contribution in [0.1, 0.15) is 11.3 Å². The third-order valence-corrected chi connectivity index (χ3v) is 4.95. The minimum absolute atomic E-state index is 0.703. The van der Waals surface area contributed by atoms with E-state index < -0.39 is 0 Å². The highest BCUT2D eigenvalue weighted by atomic mass is 35.5. The van der Waals surface area contributed by atoms with Crippen LogP contribution in [0.4, 0.5) is 0 Å². The third-order valence-electron chi connectivity index (χ3n) is 3.54. The summed E-state index contributed by atoms with van der Waals surface area (Å²) < 4.78 is 0. The summed E-state index contributed by atoms with van der Waals surface area (Å²) in [6.07, 6.45) is 5.81. The lowest BCUT2D eigenvalue weighted by Gasteiger charge is -2.01. The number of H-pyrrole nitrogens is 1. The lowest BCUT2D eigenvalue weighted by atomic mass is 10.1. The van der Waals surface area contributed by atoms with Crippen molar-refractivity contribution in [2.45, 2.75) is 6.42 Å². The van der Waals surface area contributed by atoms with Gasteiger partial charge in [-0.1, -0.05) is 23.7 Å². The Labute approximate surface area is 147 Å². The maximum atomic E-state index is 5.97. The van der Waals surface area contributed by atoms with Gasteiger partial charge in [0.15, 0.2) is 5.82 Å². The van der Waals surface area contributed by atoms with Crippen LogP contribution in [0.25, 0.3) is 21.3 Å². The molecule has 1 aromatic carbocycles. The molecule has 0 aliphatic carbocycles. The van der Waals surface area contributed by atoms with Gasteiger partial charge in [-0.15, -0.1) is 21.5 Å². The summed E-state index contributed by atoms with van der Waals surface area (Å²) in [5.41, 5.74) is 3.15. The molecule has 0 fully saturated rings. The highest BCUT2D eigenvalue weighted by molar-refractivity contribution is 7.18. The summed E-state index contributed by atoms with van der Waals surface area (Å²) in [5.74, 6) is 0.733. The Morgan fingerprint density at radius 3 is 2.54 bits per heavy atom. The van der Waals surface area contributed by atoms with Gasteiger partial charge >= 0.3 is 0 Å². The largest absolute Gasteiger partial charge is 0.327 e. The van der Waals surface area contributed by atoms with Crippen molar-refractivity contribution in [1.82, 2.24) is 25.1 Å². The number of rotatable bonds is 4. The predicted molar refractivity (Wildman–Crippen MR) is 95.0 cm³/mol. The molecule has 1 N–H and O–H groups in total. The molecule has 118 valence electrons. The van der Waals surface area contributed by atoms with Gasteiger partial charge in [-0.05, 0) is 29.8 Å². The van der Waals surface area contributed by atoms with E-state index in [-0.39, 0.29) is 0 Å². The molecule has 3 heterocycles. The van der Waals surface area contributed by atoms with E-state index in [9.17, 15) is 0 Å². The van der Waals surface area contributed by atoms with Crippen molar-refractivity contribution >= 4 is 22.9 Å². The Hall–Kier alpha value is -2.57. The van der Waals surface area contributed by atoms with Crippen molar-refractivity contribution in [3.63, 3.8) is 0 Å². The molecule has 24 heavy (non-hydrogen) atoms. The Morgan fingerprint density at radius 1 is 1.04 bits per heavy atom. The Morgan fingerprint density at radius 2 is 1.83 bits per heavy atom. The molecule has 3 aromatic heterocycles. The van der Waals surface area contributed by atoms with Crippen LogP contribution in [-0.4, -0.2) is 25.1 Å². The van der Waals surface area contributed by atoms with Crippen LogP contribution < -0.4 is 0 Å². The second kappa shape index (κ2) is 6.51. The van der Waals surface area contributed by atoms with E-state index in [2.05, 4.69) is 20.2 Å². The van der Waals surface area contributed by atoms with Crippen LogP contribution in [0, 0.1) is 0 Å². The molecule has 5 nitrogen and oxygen atoms in total. The molecule has 0 saturated heterocycles. The molecule has 0 bridgehead atoms. The zero-order valence-electron chi connectivity index (χ0n) is 12.5. The smallest absolute Gasteiger partial charge is 0.173 e. The highest BCUT2D eigenvalue weighted by Gasteiger charge is 2.17. The van der Waals surface area contributed by atoms with E-state index >= 15 is 0 Å². The number of nitrogens with one attached hydrogen (secondary N) is 1. The molecule has 4 aromatic rings. The molecular weight excluding hydrogens is 342 g/mol. The summed E-state index contributed by atoms with van der Waals surface area (Å²) >= 11 is 7.56. The van der Waals surface area contributed by atoms with Gasteiger partial charge in [-0.25, -0.2) is 4.98 Å². The van der Waals surface area contributed by atoms with Gasteiger partial charge in [-0.2, -0.15) is 0 Å². The molecule has 0 spiro atoms. The number of nitrogens with zero attached hydrogens (tertiary/aromatic N) is 4. The molecule has 0 radical (unpaired) electrons. The third kappa shape index (κ3) is 3.06. The number of pyridine rings is 1. The van der Waals surface area contributed by atoms with Gasteiger partial charge in [-0.3, -0.25) is 4.98 Å².